The molecule has 26 heavy (non-hydrogen) atoms. The largest absolute Gasteiger partial charge is 0.476 e. The number of ether oxygens (including phenoxy) is 1. The quantitative estimate of drug-likeness (QED) is 0.875. The molecule has 1 N–H and O–H groups in total. The van der Waals surface area contributed by atoms with Gasteiger partial charge in [-0.1, -0.05) is 38.2 Å². The highest BCUT2D eigenvalue weighted by Crippen LogP contribution is 2.35. The second-order valence-electron chi connectivity index (χ2n) is 7.42. The fourth-order valence-electron chi connectivity index (χ4n) is 3.71. The number of benzene rings is 1. The van der Waals surface area contributed by atoms with Gasteiger partial charge in [-0.3, -0.25) is 9.10 Å². The van der Waals surface area contributed by atoms with Crippen molar-refractivity contribution in [1.29, 1.82) is 0 Å². The zero-order chi connectivity index (χ0) is 18.7. The Balaban J connectivity index is 1.76. The molecule has 1 fully saturated rings. The van der Waals surface area contributed by atoms with Crippen molar-refractivity contribution < 1.29 is 17.9 Å². The monoisotopic (exact) mass is 380 g/mol. The van der Waals surface area contributed by atoms with Crippen molar-refractivity contribution in [3.63, 3.8) is 0 Å². The Labute approximate surface area is 156 Å². The molecular weight excluding hydrogens is 352 g/mol. The number of carbonyl (C=O) groups is 1. The molecule has 0 bridgehead atoms. The first-order valence-corrected chi connectivity index (χ1v) is 11.2. The van der Waals surface area contributed by atoms with Crippen LogP contribution in [0.4, 0.5) is 5.69 Å². The fraction of sp³-hybridized carbons (Fsp3) is 0.632. The van der Waals surface area contributed by atoms with Crippen LogP contribution in [0, 0.1) is 6.92 Å². The molecule has 1 atom stereocenters. The van der Waals surface area contributed by atoms with Crippen molar-refractivity contribution in [1.82, 2.24) is 5.32 Å². The summed E-state index contributed by atoms with van der Waals surface area (Å²) >= 11 is 0. The number of sulfonamides is 1. The fourth-order valence-corrected chi connectivity index (χ4v) is 4.61. The summed E-state index contributed by atoms with van der Waals surface area (Å²) in [4.78, 5) is 12.8. The van der Waals surface area contributed by atoms with Crippen LogP contribution in [0.15, 0.2) is 18.2 Å². The lowest BCUT2D eigenvalue weighted by Gasteiger charge is -2.35. The maximum atomic E-state index is 12.8. The van der Waals surface area contributed by atoms with Gasteiger partial charge >= 0.3 is 0 Å². The summed E-state index contributed by atoms with van der Waals surface area (Å²) in [6.45, 7) is 1.90. The highest BCUT2D eigenvalue weighted by Gasteiger charge is 2.35. The van der Waals surface area contributed by atoms with Crippen molar-refractivity contribution in [3.05, 3.63) is 23.8 Å². The summed E-state index contributed by atoms with van der Waals surface area (Å²) in [5.41, 5.74) is 1.45. The second kappa shape index (κ2) is 7.86. The molecule has 1 aromatic carbocycles. The van der Waals surface area contributed by atoms with Crippen molar-refractivity contribution >= 4 is 21.6 Å². The summed E-state index contributed by atoms with van der Waals surface area (Å²) in [7, 11) is -3.49. The number of nitrogens with one attached hydrogen (secondary N) is 1. The maximum Gasteiger partial charge on any atom is 0.263 e. The third kappa shape index (κ3) is 4.50. The van der Waals surface area contributed by atoms with Crippen LogP contribution in [-0.4, -0.2) is 39.3 Å². The number of carbonyl (C=O) groups excluding carboxylic acids is 1. The van der Waals surface area contributed by atoms with E-state index in [-0.39, 0.29) is 18.5 Å². The van der Waals surface area contributed by atoms with Gasteiger partial charge < -0.3 is 10.1 Å². The topological polar surface area (TPSA) is 75.7 Å². The van der Waals surface area contributed by atoms with Crippen LogP contribution in [-0.2, 0) is 14.8 Å². The number of fused-ring (bicyclic) bond motifs is 1. The molecule has 0 saturated heterocycles. The van der Waals surface area contributed by atoms with Gasteiger partial charge in [-0.15, -0.1) is 0 Å². The second-order valence-corrected chi connectivity index (χ2v) is 9.33. The van der Waals surface area contributed by atoms with Gasteiger partial charge in [0, 0.05) is 6.04 Å². The highest BCUT2D eigenvalue weighted by atomic mass is 32.2. The van der Waals surface area contributed by atoms with E-state index in [9.17, 15) is 13.2 Å². The molecule has 3 rings (SSSR count). The van der Waals surface area contributed by atoms with E-state index >= 15 is 0 Å². The van der Waals surface area contributed by atoms with Crippen molar-refractivity contribution in [2.75, 3.05) is 17.1 Å². The van der Waals surface area contributed by atoms with Gasteiger partial charge in [-0.2, -0.15) is 0 Å². The lowest BCUT2D eigenvalue weighted by molar-refractivity contribution is -0.128. The Morgan fingerprint density at radius 1 is 1.15 bits per heavy atom. The first kappa shape index (κ1) is 19.0. The Hall–Kier alpha value is -1.76. The molecule has 144 valence electrons. The van der Waals surface area contributed by atoms with Gasteiger partial charge in [0.1, 0.15) is 5.75 Å². The minimum absolute atomic E-state index is 0.00778. The van der Waals surface area contributed by atoms with Crippen LogP contribution < -0.4 is 14.4 Å². The number of rotatable bonds is 3. The minimum Gasteiger partial charge on any atom is -0.476 e. The number of hydrogen-bond donors (Lipinski definition) is 1. The first-order valence-electron chi connectivity index (χ1n) is 9.40. The first-order chi connectivity index (χ1) is 12.3. The van der Waals surface area contributed by atoms with Crippen LogP contribution in [0.25, 0.3) is 0 Å². The molecule has 1 aliphatic heterocycles. The van der Waals surface area contributed by atoms with Gasteiger partial charge in [0.05, 0.1) is 18.5 Å². The van der Waals surface area contributed by atoms with E-state index < -0.39 is 16.1 Å². The van der Waals surface area contributed by atoms with Crippen LogP contribution in [0.3, 0.4) is 0 Å². The molecule has 1 heterocycles. The van der Waals surface area contributed by atoms with Crippen LogP contribution in [0.5, 0.6) is 5.75 Å². The van der Waals surface area contributed by atoms with E-state index in [1.54, 1.807) is 12.1 Å². The van der Waals surface area contributed by atoms with Crippen molar-refractivity contribution in [2.24, 2.45) is 0 Å². The van der Waals surface area contributed by atoms with Gasteiger partial charge in [-0.05, 0) is 37.5 Å². The van der Waals surface area contributed by atoms with E-state index in [4.69, 9.17) is 4.74 Å². The smallest absolute Gasteiger partial charge is 0.263 e. The normalized spacial score (nSPS) is 21.9. The Morgan fingerprint density at radius 3 is 2.46 bits per heavy atom. The number of amides is 1. The number of nitrogens with zero attached hydrogens (tertiary/aromatic N) is 1. The lowest BCUT2D eigenvalue weighted by Crippen LogP contribution is -2.52. The molecule has 6 nitrogen and oxygen atoms in total. The average Bonchev–Trinajstić information content (AvgIpc) is 2.55. The molecule has 1 aromatic rings. The third-order valence-corrected chi connectivity index (χ3v) is 6.27. The molecule has 1 amide bonds. The molecule has 1 saturated carbocycles. The predicted octanol–water partition coefficient (Wildman–Crippen LogP) is 2.75. The highest BCUT2D eigenvalue weighted by molar-refractivity contribution is 7.92. The van der Waals surface area contributed by atoms with Gasteiger partial charge in [0.2, 0.25) is 10.0 Å². The molecular formula is C19H28N2O4S. The number of anilines is 1. The van der Waals surface area contributed by atoms with Crippen molar-refractivity contribution in [3.8, 4) is 5.75 Å². The predicted molar refractivity (Wildman–Crippen MR) is 102 cm³/mol. The number of hydrogen-bond acceptors (Lipinski definition) is 4. The molecule has 7 heteroatoms. The Bertz CT molecular complexity index is 755. The minimum atomic E-state index is -3.49. The maximum absolute atomic E-state index is 12.8. The summed E-state index contributed by atoms with van der Waals surface area (Å²) in [5.74, 6) is 0.209. The Kier molecular flexibility index (Phi) is 5.75. The van der Waals surface area contributed by atoms with Gasteiger partial charge in [0.25, 0.3) is 5.91 Å². The SMILES string of the molecule is Cc1ccc2c(c1)N(S(C)(=O)=O)C[C@H](C(=O)NC1CCCCCCC1)O2. The zero-order valence-electron chi connectivity index (χ0n) is 15.5. The van der Waals surface area contributed by atoms with E-state index in [1.165, 1.54) is 23.6 Å². The van der Waals surface area contributed by atoms with E-state index in [2.05, 4.69) is 5.32 Å². The van der Waals surface area contributed by atoms with Crippen LogP contribution in [0.1, 0.15) is 50.5 Å². The summed E-state index contributed by atoms with van der Waals surface area (Å²) in [5, 5.41) is 3.09. The molecule has 1 aliphatic carbocycles. The molecule has 0 spiro atoms. The van der Waals surface area contributed by atoms with Crippen molar-refractivity contribution in [2.45, 2.75) is 64.0 Å². The third-order valence-electron chi connectivity index (χ3n) is 5.13. The summed E-state index contributed by atoms with van der Waals surface area (Å²) in [6, 6.07) is 5.52. The number of aryl methyl sites for hydroxylation is 1. The zero-order valence-corrected chi connectivity index (χ0v) is 16.3. The molecule has 0 aromatic heterocycles. The molecule has 0 radical (unpaired) electrons. The van der Waals surface area contributed by atoms with Crippen LogP contribution in [0.2, 0.25) is 0 Å². The van der Waals surface area contributed by atoms with E-state index in [0.29, 0.717) is 11.4 Å². The van der Waals surface area contributed by atoms with Crippen LogP contribution >= 0.6 is 0 Å². The van der Waals surface area contributed by atoms with Gasteiger partial charge in [0.15, 0.2) is 6.10 Å². The van der Waals surface area contributed by atoms with Gasteiger partial charge in [-0.25, -0.2) is 8.42 Å². The summed E-state index contributed by atoms with van der Waals surface area (Å²) in [6.07, 6.45) is 8.21. The summed E-state index contributed by atoms with van der Waals surface area (Å²) < 4.78 is 31.6. The lowest BCUT2D eigenvalue weighted by atomic mass is 9.96. The standard InChI is InChI=1S/C19H28N2O4S/c1-14-10-11-17-16(12-14)21(26(2,23)24)13-18(25-17)19(22)20-15-8-6-4-3-5-7-9-15/h10-12,15,18H,3-9,13H2,1-2H3,(H,20,22)/t18-/m1/s1. The average molecular weight is 381 g/mol. The Morgan fingerprint density at radius 2 is 1.81 bits per heavy atom. The molecule has 0 unspecified atom stereocenters. The van der Waals surface area contributed by atoms with E-state index in [0.717, 1.165) is 37.5 Å². The van der Waals surface area contributed by atoms with E-state index in [1.807, 2.05) is 13.0 Å². The molecule has 2 aliphatic rings.